The summed E-state index contributed by atoms with van der Waals surface area (Å²) in [4.78, 5) is 12.3. The molecule has 4 rings (SSSR count). The third-order valence-electron chi connectivity index (χ3n) is 3.60. The number of hydrogen-bond donors (Lipinski definition) is 1. The predicted molar refractivity (Wildman–Crippen MR) is 88.5 cm³/mol. The number of rotatable bonds is 4. The number of nitrogens with one attached hydrogen (secondary N) is 1. The van der Waals surface area contributed by atoms with Crippen molar-refractivity contribution in [3.05, 3.63) is 58.9 Å². The van der Waals surface area contributed by atoms with E-state index in [0.717, 1.165) is 5.56 Å². The molecule has 0 saturated carbocycles. The van der Waals surface area contributed by atoms with Crippen LogP contribution in [0.2, 0.25) is 5.02 Å². The molecule has 8 heteroatoms. The third kappa shape index (κ3) is 3.14. The molecule has 0 bridgehead atoms. The molecule has 7 nitrogen and oxygen atoms in total. The van der Waals surface area contributed by atoms with Crippen LogP contribution in [0.4, 0.5) is 0 Å². The first-order valence-corrected chi connectivity index (χ1v) is 7.83. The molecule has 1 aromatic heterocycles. The Bertz CT molecular complexity index is 924. The molecule has 0 atom stereocenters. The van der Waals surface area contributed by atoms with E-state index in [1.807, 2.05) is 0 Å². The maximum Gasteiger partial charge on any atom is 0.255 e. The highest BCUT2D eigenvalue weighted by Gasteiger charge is 2.22. The van der Waals surface area contributed by atoms with Crippen molar-refractivity contribution in [2.75, 3.05) is 6.79 Å². The van der Waals surface area contributed by atoms with Crippen molar-refractivity contribution in [3.63, 3.8) is 0 Å². The molecule has 0 fully saturated rings. The van der Waals surface area contributed by atoms with Gasteiger partial charge in [-0.1, -0.05) is 17.7 Å². The normalized spacial score (nSPS) is 12.2. The topological polar surface area (TPSA) is 86.5 Å². The Morgan fingerprint density at radius 1 is 1.12 bits per heavy atom. The Morgan fingerprint density at radius 3 is 2.80 bits per heavy atom. The first-order valence-electron chi connectivity index (χ1n) is 7.46. The van der Waals surface area contributed by atoms with E-state index in [9.17, 15) is 4.79 Å². The van der Waals surface area contributed by atoms with Crippen LogP contribution in [0.15, 0.2) is 46.9 Å². The van der Waals surface area contributed by atoms with Gasteiger partial charge >= 0.3 is 0 Å². The molecule has 3 aromatic rings. The number of para-hydroxylation sites is 1. The zero-order valence-electron chi connectivity index (χ0n) is 12.9. The zero-order chi connectivity index (χ0) is 17.2. The first kappa shape index (κ1) is 15.5. The van der Waals surface area contributed by atoms with Crippen LogP contribution in [0.1, 0.15) is 16.2 Å². The molecule has 25 heavy (non-hydrogen) atoms. The number of aromatic nitrogens is 2. The monoisotopic (exact) mass is 357 g/mol. The van der Waals surface area contributed by atoms with Crippen LogP contribution < -0.4 is 14.8 Å². The van der Waals surface area contributed by atoms with Crippen molar-refractivity contribution in [2.24, 2.45) is 0 Å². The van der Waals surface area contributed by atoms with Gasteiger partial charge in [0.1, 0.15) is 0 Å². The van der Waals surface area contributed by atoms with Gasteiger partial charge in [-0.25, -0.2) is 0 Å². The molecular formula is C17H12ClN3O4. The van der Waals surface area contributed by atoms with Crippen LogP contribution in [-0.2, 0) is 6.54 Å². The lowest BCUT2D eigenvalue weighted by Crippen LogP contribution is -2.23. The Labute approximate surface area is 147 Å². The quantitative estimate of drug-likeness (QED) is 0.772. The molecule has 0 radical (unpaired) electrons. The average molecular weight is 358 g/mol. The van der Waals surface area contributed by atoms with Crippen molar-refractivity contribution < 1.29 is 18.7 Å². The lowest BCUT2D eigenvalue weighted by molar-refractivity contribution is 0.0942. The van der Waals surface area contributed by atoms with E-state index >= 15 is 0 Å². The summed E-state index contributed by atoms with van der Waals surface area (Å²) in [5.41, 5.74) is 1.15. The van der Waals surface area contributed by atoms with Crippen LogP contribution in [-0.4, -0.2) is 22.9 Å². The van der Waals surface area contributed by atoms with Gasteiger partial charge < -0.3 is 19.2 Å². The molecule has 2 heterocycles. The number of carbonyl (C=O) groups excluding carboxylic acids is 1. The average Bonchev–Trinajstić information content (AvgIpc) is 3.29. The summed E-state index contributed by atoms with van der Waals surface area (Å²) in [6.07, 6.45) is 0. The fraction of sp³-hybridized carbons (Fsp3) is 0.118. The van der Waals surface area contributed by atoms with Gasteiger partial charge in [0.2, 0.25) is 18.6 Å². The summed E-state index contributed by atoms with van der Waals surface area (Å²) in [6, 6.07) is 12.2. The number of fused-ring (bicyclic) bond motifs is 1. The third-order valence-corrected chi connectivity index (χ3v) is 3.85. The minimum Gasteiger partial charge on any atom is -0.454 e. The number of benzene rings is 2. The fourth-order valence-electron chi connectivity index (χ4n) is 2.39. The number of hydrogen-bond acceptors (Lipinski definition) is 6. The zero-order valence-corrected chi connectivity index (χ0v) is 13.6. The van der Waals surface area contributed by atoms with Gasteiger partial charge in [-0.3, -0.25) is 4.79 Å². The Hall–Kier alpha value is -3.06. The predicted octanol–water partition coefficient (Wildman–Crippen LogP) is 3.05. The van der Waals surface area contributed by atoms with E-state index in [-0.39, 0.29) is 19.2 Å². The Morgan fingerprint density at radius 2 is 1.96 bits per heavy atom. The van der Waals surface area contributed by atoms with E-state index in [1.54, 1.807) is 42.5 Å². The molecule has 0 saturated heterocycles. The molecule has 1 N–H and O–H groups in total. The molecular weight excluding hydrogens is 346 g/mol. The minimum atomic E-state index is -0.311. The highest BCUT2D eigenvalue weighted by Crippen LogP contribution is 2.35. The minimum absolute atomic E-state index is 0.101. The maximum absolute atomic E-state index is 12.3. The van der Waals surface area contributed by atoms with Crippen molar-refractivity contribution in [1.29, 1.82) is 0 Å². The molecule has 1 aliphatic heterocycles. The van der Waals surface area contributed by atoms with Crippen molar-refractivity contribution in [3.8, 4) is 23.0 Å². The van der Waals surface area contributed by atoms with Crippen LogP contribution in [0.5, 0.6) is 11.5 Å². The van der Waals surface area contributed by atoms with E-state index in [2.05, 4.69) is 15.5 Å². The van der Waals surface area contributed by atoms with E-state index in [4.69, 9.17) is 25.5 Å². The second-order valence-electron chi connectivity index (χ2n) is 5.23. The van der Waals surface area contributed by atoms with Crippen LogP contribution in [0.25, 0.3) is 11.5 Å². The maximum atomic E-state index is 12.3. The van der Waals surface area contributed by atoms with Crippen LogP contribution in [0.3, 0.4) is 0 Å². The Balaban J connectivity index is 1.45. The highest BCUT2D eigenvalue weighted by molar-refractivity contribution is 6.30. The molecule has 0 unspecified atom stereocenters. The van der Waals surface area contributed by atoms with Gasteiger partial charge in [-0.2, -0.15) is 0 Å². The fourth-order valence-corrected chi connectivity index (χ4v) is 2.52. The smallest absolute Gasteiger partial charge is 0.255 e. The van der Waals surface area contributed by atoms with Gasteiger partial charge in [-0.15, -0.1) is 10.2 Å². The molecule has 126 valence electrons. The summed E-state index contributed by atoms with van der Waals surface area (Å²) in [7, 11) is 0. The molecule has 1 amide bonds. The Kier molecular flexibility index (Phi) is 3.99. The van der Waals surface area contributed by atoms with Crippen molar-refractivity contribution >= 4 is 17.5 Å². The van der Waals surface area contributed by atoms with Gasteiger partial charge in [0.15, 0.2) is 11.5 Å². The summed E-state index contributed by atoms with van der Waals surface area (Å²) in [5.74, 6) is 1.33. The number of carbonyl (C=O) groups is 1. The SMILES string of the molecule is O=C(NCc1nnc(-c2ccc(Cl)cc2)o1)c1cccc2c1OCO2. The number of halogens is 1. The van der Waals surface area contributed by atoms with Crippen LogP contribution in [0, 0.1) is 0 Å². The lowest BCUT2D eigenvalue weighted by atomic mass is 10.1. The van der Waals surface area contributed by atoms with Gasteiger partial charge in [0.05, 0.1) is 12.1 Å². The highest BCUT2D eigenvalue weighted by atomic mass is 35.5. The second kappa shape index (κ2) is 6.45. The molecule has 2 aromatic carbocycles. The van der Waals surface area contributed by atoms with E-state index in [0.29, 0.717) is 33.9 Å². The van der Waals surface area contributed by atoms with Crippen molar-refractivity contribution in [2.45, 2.75) is 6.54 Å². The van der Waals surface area contributed by atoms with E-state index in [1.165, 1.54) is 0 Å². The summed E-state index contributed by atoms with van der Waals surface area (Å²) < 4.78 is 16.1. The largest absolute Gasteiger partial charge is 0.454 e. The first-order chi connectivity index (χ1) is 12.2. The van der Waals surface area contributed by atoms with E-state index < -0.39 is 0 Å². The molecule has 0 aliphatic carbocycles. The number of nitrogens with zero attached hydrogens (tertiary/aromatic N) is 2. The van der Waals surface area contributed by atoms with Crippen LogP contribution >= 0.6 is 11.6 Å². The number of ether oxygens (including phenoxy) is 2. The summed E-state index contributed by atoms with van der Waals surface area (Å²) in [6.45, 7) is 0.206. The molecule has 1 aliphatic rings. The summed E-state index contributed by atoms with van der Waals surface area (Å²) in [5, 5.41) is 11.3. The summed E-state index contributed by atoms with van der Waals surface area (Å²) >= 11 is 5.85. The second-order valence-corrected chi connectivity index (χ2v) is 5.67. The lowest BCUT2D eigenvalue weighted by Gasteiger charge is -2.05. The van der Waals surface area contributed by atoms with Gasteiger partial charge in [0.25, 0.3) is 5.91 Å². The van der Waals surface area contributed by atoms with Crippen molar-refractivity contribution in [1.82, 2.24) is 15.5 Å². The standard InChI is InChI=1S/C17H12ClN3O4/c18-11-6-4-10(5-7-11)17-21-20-14(25-17)8-19-16(22)12-2-1-3-13-15(12)24-9-23-13/h1-7H,8-9H2,(H,19,22). The van der Waals surface area contributed by atoms with Gasteiger partial charge in [-0.05, 0) is 36.4 Å². The molecule has 0 spiro atoms. The van der Waals surface area contributed by atoms with Gasteiger partial charge in [0, 0.05) is 10.6 Å². The number of amides is 1.